The maximum Gasteiger partial charge on any atom is 0.330 e. The van der Waals surface area contributed by atoms with E-state index in [2.05, 4.69) is 0 Å². The van der Waals surface area contributed by atoms with Crippen molar-refractivity contribution in [1.29, 1.82) is 0 Å². The minimum Gasteiger partial charge on any atom is -0.394 e. The van der Waals surface area contributed by atoms with Crippen molar-refractivity contribution in [2.24, 2.45) is 0 Å². The number of nitrogens with zero attached hydrogens (tertiary/aromatic N) is 1. The Morgan fingerprint density at radius 1 is 1.60 bits per heavy atom. The maximum atomic E-state index is 13.0. The van der Waals surface area contributed by atoms with Crippen LogP contribution in [-0.4, -0.2) is 51.0 Å². The Kier molecular flexibility index (Phi) is 4.33. The second kappa shape index (κ2) is 5.83. The molecule has 1 saturated heterocycles. The Labute approximate surface area is 112 Å². The van der Waals surface area contributed by atoms with Gasteiger partial charge in [-0.15, -0.1) is 0 Å². The van der Waals surface area contributed by atoms with Gasteiger partial charge in [0.15, 0.2) is 12.6 Å². The molecule has 0 saturated carbocycles. The van der Waals surface area contributed by atoms with E-state index in [1.165, 1.54) is 0 Å². The first-order chi connectivity index (χ1) is 9.43. The lowest BCUT2D eigenvalue weighted by molar-refractivity contribution is -0.136. The van der Waals surface area contributed by atoms with E-state index < -0.39 is 48.8 Å². The van der Waals surface area contributed by atoms with E-state index in [1.54, 1.807) is 0 Å². The molecule has 0 bridgehead atoms. The van der Waals surface area contributed by atoms with Crippen molar-refractivity contribution < 1.29 is 24.1 Å². The molecule has 2 heterocycles. The Hall–Kier alpha value is -1.55. The number of hydrogen-bond acceptors (Lipinski definition) is 6. The molecule has 3 N–H and O–H groups in total. The normalized spacial score (nSPS) is 31.4. The number of hydrogen-bond donors (Lipinski definition) is 3. The average Bonchev–Trinajstić information content (AvgIpc) is 2.66. The first kappa shape index (κ1) is 14.9. The van der Waals surface area contributed by atoms with E-state index in [4.69, 9.17) is 14.6 Å². The van der Waals surface area contributed by atoms with E-state index in [0.717, 1.165) is 23.8 Å². The quantitative estimate of drug-likeness (QED) is 0.621. The van der Waals surface area contributed by atoms with Gasteiger partial charge in [-0.25, -0.2) is 9.18 Å². The number of ether oxygens (including phenoxy) is 2. The van der Waals surface area contributed by atoms with Gasteiger partial charge in [-0.3, -0.25) is 14.3 Å². The van der Waals surface area contributed by atoms with Crippen LogP contribution >= 0.6 is 0 Å². The lowest BCUT2D eigenvalue weighted by Gasteiger charge is -2.22. The van der Waals surface area contributed by atoms with Gasteiger partial charge in [0.2, 0.25) is 0 Å². The van der Waals surface area contributed by atoms with Crippen LogP contribution in [0.15, 0.2) is 21.9 Å². The van der Waals surface area contributed by atoms with Crippen LogP contribution in [0.4, 0.5) is 4.39 Å². The van der Waals surface area contributed by atoms with Gasteiger partial charge >= 0.3 is 5.69 Å². The third kappa shape index (κ3) is 2.80. The van der Waals surface area contributed by atoms with Crippen LogP contribution in [0.2, 0.25) is 0 Å². The van der Waals surface area contributed by atoms with Gasteiger partial charge in [0.25, 0.3) is 5.56 Å². The summed E-state index contributed by atoms with van der Waals surface area (Å²) in [4.78, 5) is 24.7. The minimum atomic E-state index is -1.70. The van der Waals surface area contributed by atoms with Gasteiger partial charge in [0.05, 0.1) is 6.61 Å². The van der Waals surface area contributed by atoms with Crippen LogP contribution in [0.25, 0.3) is 0 Å². The maximum absolute atomic E-state index is 13.0. The number of H-pyrrole nitrogens is 1. The predicted molar refractivity (Wildman–Crippen MR) is 63.8 cm³/mol. The van der Waals surface area contributed by atoms with E-state index in [-0.39, 0.29) is 0 Å². The first-order valence-corrected chi connectivity index (χ1v) is 5.99. The summed E-state index contributed by atoms with van der Waals surface area (Å²) in [6.07, 6.45) is -5.20. The monoisotopic (exact) mass is 290 g/mol. The van der Waals surface area contributed by atoms with Crippen molar-refractivity contribution in [2.75, 3.05) is 6.61 Å². The van der Waals surface area contributed by atoms with E-state index in [1.807, 2.05) is 4.98 Å². The second-order valence-corrected chi connectivity index (χ2v) is 4.40. The predicted octanol–water partition coefficient (Wildman–Crippen LogP) is -1.51. The fourth-order valence-corrected chi connectivity index (χ4v) is 2.08. The van der Waals surface area contributed by atoms with Gasteiger partial charge < -0.3 is 19.7 Å². The third-order valence-corrected chi connectivity index (χ3v) is 2.96. The number of alkyl halides is 1. The molecule has 0 aliphatic carbocycles. The number of aliphatic hydroxyl groups is 2. The highest BCUT2D eigenvalue weighted by atomic mass is 19.1. The Balaban J connectivity index is 2.36. The summed E-state index contributed by atoms with van der Waals surface area (Å²) < 4.78 is 24.2. The van der Waals surface area contributed by atoms with Crippen LogP contribution in [0, 0.1) is 0 Å². The highest BCUT2D eigenvalue weighted by molar-refractivity contribution is 4.94. The molecule has 1 aliphatic rings. The molecule has 8 nitrogen and oxygen atoms in total. The summed E-state index contributed by atoms with van der Waals surface area (Å²) in [7, 11) is 0. The third-order valence-electron chi connectivity index (χ3n) is 2.96. The van der Waals surface area contributed by atoms with Crippen molar-refractivity contribution in [1.82, 2.24) is 9.55 Å². The molecule has 0 radical (unpaired) electrons. The lowest BCUT2D eigenvalue weighted by atomic mass is 10.1. The summed E-state index contributed by atoms with van der Waals surface area (Å²) in [5, 5.41) is 19.0. The van der Waals surface area contributed by atoms with Crippen LogP contribution in [0.5, 0.6) is 0 Å². The lowest BCUT2D eigenvalue weighted by Crippen LogP contribution is -2.40. The number of nitrogens with one attached hydrogen (secondary N) is 1. The van der Waals surface area contributed by atoms with Crippen LogP contribution in [0.1, 0.15) is 13.2 Å². The van der Waals surface area contributed by atoms with Crippen molar-refractivity contribution >= 4 is 0 Å². The SMILES string of the molecule is CC(F)O[C@@H]1C(n2ccc(=O)[nH]c2=O)O[C@H](CO)[C@H]1O. The topological polar surface area (TPSA) is 114 Å². The van der Waals surface area contributed by atoms with Crippen LogP contribution in [-0.2, 0) is 9.47 Å². The summed E-state index contributed by atoms with van der Waals surface area (Å²) in [5.74, 6) is 0. The molecule has 1 aromatic heterocycles. The zero-order valence-electron chi connectivity index (χ0n) is 10.6. The average molecular weight is 290 g/mol. The number of aromatic nitrogens is 2. The molecule has 0 aromatic carbocycles. The van der Waals surface area contributed by atoms with Gasteiger partial charge in [-0.2, -0.15) is 0 Å². The zero-order valence-corrected chi connectivity index (χ0v) is 10.6. The molecule has 5 atom stereocenters. The van der Waals surface area contributed by atoms with E-state index >= 15 is 0 Å². The number of aliphatic hydroxyl groups excluding tert-OH is 2. The summed E-state index contributed by atoms with van der Waals surface area (Å²) in [6, 6.07) is 1.08. The van der Waals surface area contributed by atoms with Crippen molar-refractivity contribution in [3.05, 3.63) is 33.1 Å². The van der Waals surface area contributed by atoms with E-state index in [9.17, 15) is 19.1 Å². The zero-order chi connectivity index (χ0) is 14.9. The Bertz CT molecular complexity index is 571. The van der Waals surface area contributed by atoms with Gasteiger partial charge in [-0.1, -0.05) is 0 Å². The molecular formula is C11H15FN2O6. The molecule has 1 aliphatic heterocycles. The molecule has 0 spiro atoms. The minimum absolute atomic E-state index is 0.518. The molecule has 9 heteroatoms. The van der Waals surface area contributed by atoms with Crippen molar-refractivity contribution in [2.45, 2.75) is 37.8 Å². The fourth-order valence-electron chi connectivity index (χ4n) is 2.08. The molecule has 1 aromatic rings. The fraction of sp³-hybridized carbons (Fsp3) is 0.636. The summed E-state index contributed by atoms with van der Waals surface area (Å²) in [5.41, 5.74) is -1.38. The standard InChI is InChI=1S/C11H15FN2O6/c1-5(12)19-9-8(17)6(4-15)20-10(9)14-3-2-7(16)13-11(14)18/h2-3,5-6,8-10,15,17H,4H2,1H3,(H,13,16,18)/t5?,6-,8-,9+,10?/m1/s1. The first-order valence-electron chi connectivity index (χ1n) is 5.99. The van der Waals surface area contributed by atoms with Gasteiger partial charge in [0.1, 0.15) is 18.3 Å². The highest BCUT2D eigenvalue weighted by Crippen LogP contribution is 2.31. The molecule has 2 rings (SSSR count). The number of aromatic amines is 1. The molecule has 0 amide bonds. The molecule has 20 heavy (non-hydrogen) atoms. The van der Waals surface area contributed by atoms with Gasteiger partial charge in [0, 0.05) is 12.3 Å². The smallest absolute Gasteiger partial charge is 0.330 e. The molecule has 1 fully saturated rings. The van der Waals surface area contributed by atoms with Crippen LogP contribution in [0.3, 0.4) is 0 Å². The Morgan fingerprint density at radius 2 is 2.30 bits per heavy atom. The summed E-state index contributed by atoms with van der Waals surface area (Å²) >= 11 is 0. The van der Waals surface area contributed by atoms with Crippen LogP contribution < -0.4 is 11.2 Å². The second-order valence-electron chi connectivity index (χ2n) is 4.40. The number of rotatable bonds is 4. The highest BCUT2D eigenvalue weighted by Gasteiger charge is 2.46. The van der Waals surface area contributed by atoms with E-state index in [0.29, 0.717) is 0 Å². The number of halogens is 1. The van der Waals surface area contributed by atoms with Crippen molar-refractivity contribution in [3.63, 3.8) is 0 Å². The van der Waals surface area contributed by atoms with Gasteiger partial charge in [-0.05, 0) is 6.92 Å². The largest absolute Gasteiger partial charge is 0.394 e. The molecule has 2 unspecified atom stereocenters. The Morgan fingerprint density at radius 3 is 2.85 bits per heavy atom. The molecular weight excluding hydrogens is 275 g/mol. The van der Waals surface area contributed by atoms with Crippen molar-refractivity contribution in [3.8, 4) is 0 Å². The molecule has 112 valence electrons. The summed E-state index contributed by atoms with van der Waals surface area (Å²) in [6.45, 7) is 0.599.